The molecule has 3 heteroatoms. The van der Waals surface area contributed by atoms with Crippen LogP contribution in [0.2, 0.25) is 0 Å². The lowest BCUT2D eigenvalue weighted by molar-refractivity contribution is 0.399. The first-order chi connectivity index (χ1) is 54.1. The third-order valence-corrected chi connectivity index (χ3v) is 27.8. The Bertz CT molecular complexity index is 6390. The van der Waals surface area contributed by atoms with E-state index in [2.05, 4.69) is 338 Å². The van der Waals surface area contributed by atoms with E-state index in [1.807, 2.05) is 0 Å². The lowest BCUT2D eigenvalue weighted by Gasteiger charge is -2.34. The third-order valence-electron chi connectivity index (χ3n) is 27.8. The van der Waals surface area contributed by atoms with Gasteiger partial charge < -0.3 is 13.7 Å². The summed E-state index contributed by atoms with van der Waals surface area (Å²) in [6.07, 6.45) is 15.5. The van der Waals surface area contributed by atoms with Crippen LogP contribution in [0.4, 0.5) is 17.1 Å². The second kappa shape index (κ2) is 25.6. The molecule has 0 aliphatic heterocycles. The van der Waals surface area contributed by atoms with Crippen LogP contribution >= 0.6 is 0 Å². The minimum atomic E-state index is -0.391. The highest BCUT2D eigenvalue weighted by molar-refractivity contribution is 6.22. The van der Waals surface area contributed by atoms with Crippen LogP contribution in [0.25, 0.3) is 133 Å². The van der Waals surface area contributed by atoms with E-state index in [0.717, 1.165) is 50.2 Å². The normalized spacial score (nSPS) is 15.6. The fourth-order valence-electron chi connectivity index (χ4n) is 22.1. The Kier molecular flexibility index (Phi) is 16.1. The maximum Gasteiger partial charge on any atom is 0.144 e. The summed E-state index contributed by atoms with van der Waals surface area (Å²) in [6.45, 7) is 31.3. The minimum absolute atomic E-state index is 0.0435. The largest absolute Gasteiger partial charge is 0.455 e. The average molecular weight is 1460 g/mol. The summed E-state index contributed by atoms with van der Waals surface area (Å²) in [5.41, 5.74) is 41.8. The molecule has 0 saturated heterocycles. The number of rotatable bonds is 18. The van der Waals surface area contributed by atoms with Crippen LogP contribution in [0.15, 0.2) is 251 Å². The second-order valence-corrected chi connectivity index (χ2v) is 36.9. The highest BCUT2D eigenvalue weighted by Crippen LogP contribution is 2.65. The van der Waals surface area contributed by atoms with Gasteiger partial charge in [-0.2, -0.15) is 0 Å². The fourth-order valence-corrected chi connectivity index (χ4v) is 22.1. The van der Waals surface area contributed by atoms with E-state index in [1.54, 1.807) is 11.1 Å². The molecule has 0 saturated carbocycles. The van der Waals surface area contributed by atoms with Crippen molar-refractivity contribution in [1.82, 2.24) is 0 Å². The predicted molar refractivity (Wildman–Crippen MR) is 474 cm³/mol. The summed E-state index contributed by atoms with van der Waals surface area (Å²) in [7, 11) is 0. The summed E-state index contributed by atoms with van der Waals surface area (Å²) in [5.74, 6) is 0. The average Bonchev–Trinajstić information content (AvgIpc) is 1.50. The van der Waals surface area contributed by atoms with Crippen molar-refractivity contribution in [3.05, 3.63) is 304 Å². The zero-order valence-electron chi connectivity index (χ0n) is 67.8. The van der Waals surface area contributed by atoms with Crippen molar-refractivity contribution in [3.8, 4) is 89.0 Å². The maximum absolute atomic E-state index is 7.17. The predicted octanol–water partition coefficient (Wildman–Crippen LogP) is 31.5. The summed E-state index contributed by atoms with van der Waals surface area (Å²) in [4.78, 5) is 2.57. The van der Waals surface area contributed by atoms with Gasteiger partial charge >= 0.3 is 0 Å². The first-order valence-electron chi connectivity index (χ1n) is 42.1. The van der Waals surface area contributed by atoms with Gasteiger partial charge in [0, 0.05) is 76.8 Å². The van der Waals surface area contributed by atoms with Crippen LogP contribution in [-0.2, 0) is 32.5 Å². The number of nitrogens with zero attached hydrogens (tertiary/aromatic N) is 1. The monoisotopic (exact) mass is 1460 g/mol. The molecule has 0 spiro atoms. The van der Waals surface area contributed by atoms with Crippen LogP contribution in [0.3, 0.4) is 0 Å². The van der Waals surface area contributed by atoms with E-state index in [9.17, 15) is 0 Å². The number of anilines is 3. The molecule has 3 nitrogen and oxygen atoms in total. The molecule has 0 amide bonds. The van der Waals surface area contributed by atoms with E-state index in [0.29, 0.717) is 0 Å². The molecule has 20 rings (SSSR count). The molecule has 5 aliphatic carbocycles. The summed E-state index contributed by atoms with van der Waals surface area (Å²) < 4.78 is 14.3. The summed E-state index contributed by atoms with van der Waals surface area (Å²) >= 11 is 0. The molecule has 556 valence electrons. The zero-order valence-corrected chi connectivity index (χ0v) is 67.8. The first-order valence-corrected chi connectivity index (χ1v) is 42.1. The fraction of sp³-hybridized carbons (Fsp3) is 0.284. The SMILES string of the molecule is CCCCCCCC1(CCCCCCC)c2ccccc2-c2ccc(-c3ccc4c(c3)C(C)(C)c3cc(-c5ccc(-c6cc7c(c8c6oc6ccccc68)-c6ccc(N(c8ccc9c(c8)C(C)(C)c8c%10c(c%11oc%12ccccc%12c%11c8-9)-c8ccccc8C%10(C)C)c8ccccc8C(C)(C)C)cc6C7(C)C)cc5)ccc3-4)cc21. The molecule has 5 aliphatic rings. The van der Waals surface area contributed by atoms with Crippen molar-refractivity contribution < 1.29 is 8.83 Å². The topological polar surface area (TPSA) is 29.5 Å². The van der Waals surface area contributed by atoms with Gasteiger partial charge in [-0.25, -0.2) is 0 Å². The third kappa shape index (κ3) is 10.3. The smallest absolute Gasteiger partial charge is 0.144 e. The van der Waals surface area contributed by atoms with Gasteiger partial charge in [0.1, 0.15) is 22.3 Å². The van der Waals surface area contributed by atoms with E-state index in [4.69, 9.17) is 8.83 Å². The molecule has 0 bridgehead atoms. The van der Waals surface area contributed by atoms with Crippen molar-refractivity contribution in [2.75, 3.05) is 4.90 Å². The Morgan fingerprint density at radius 2 is 0.723 bits per heavy atom. The molecule has 0 fully saturated rings. The van der Waals surface area contributed by atoms with E-state index < -0.39 is 5.41 Å². The van der Waals surface area contributed by atoms with Crippen LogP contribution in [0.1, 0.15) is 228 Å². The van der Waals surface area contributed by atoms with Gasteiger partial charge in [-0.05, 0) is 224 Å². The second-order valence-electron chi connectivity index (χ2n) is 36.9. The Morgan fingerprint density at radius 3 is 1.34 bits per heavy atom. The lowest BCUT2D eigenvalue weighted by Crippen LogP contribution is -2.25. The number of fused-ring (bicyclic) bond motifs is 25. The van der Waals surface area contributed by atoms with Gasteiger partial charge in [0.2, 0.25) is 0 Å². The highest BCUT2D eigenvalue weighted by atomic mass is 16.3. The van der Waals surface area contributed by atoms with Gasteiger partial charge in [-0.15, -0.1) is 0 Å². The number of para-hydroxylation sites is 3. The molecule has 0 radical (unpaired) electrons. The van der Waals surface area contributed by atoms with E-state index in [1.165, 1.54) is 227 Å². The molecule has 0 atom stereocenters. The Balaban J connectivity index is 0.647. The highest BCUT2D eigenvalue weighted by Gasteiger charge is 2.50. The van der Waals surface area contributed by atoms with Crippen LogP contribution in [0, 0.1) is 0 Å². The van der Waals surface area contributed by atoms with E-state index in [-0.39, 0.29) is 27.1 Å². The van der Waals surface area contributed by atoms with Gasteiger partial charge in [0.05, 0.1) is 0 Å². The number of benzene rings is 13. The Labute approximate surface area is 662 Å². The molecule has 0 unspecified atom stereocenters. The standard InChI is InChI=1S/C109H103NO2/c1-14-16-18-20-32-58-109(59-33-21-19-17-15-2)84-39-27-22-34-73(84)76-55-50-70(62-90(76)109)69-49-54-75-74-53-48-68(60-86(74)105(6,7)87(75)61-69)66-44-46-67(47-45-66)82-65-91-95(97-80-36-24-30-42-93(80)111-102(82)97)78-56-51-71(63-88(78)106(91,8)9)110(92-41-29-28-40-85(92)104(3,4)5)72-52-57-79-89(64-72)108(12,13)100-96(79)98-81-37-25-31-43-94(81)112-103(98)99-77-35-23-26-38-83(77)107(10,11)101(99)100/h22-31,34-57,60-65H,14-21,32-33,58-59H2,1-13H3. The number of hydrogen-bond donors (Lipinski definition) is 0. The Morgan fingerprint density at radius 1 is 0.304 bits per heavy atom. The molecule has 2 heterocycles. The molecule has 112 heavy (non-hydrogen) atoms. The molecular weight excluding hydrogens is 1360 g/mol. The van der Waals surface area contributed by atoms with Crippen molar-refractivity contribution in [2.24, 2.45) is 0 Å². The van der Waals surface area contributed by atoms with Crippen LogP contribution in [0.5, 0.6) is 0 Å². The molecule has 13 aromatic carbocycles. The molecule has 15 aromatic rings. The quantitative estimate of drug-likeness (QED) is 0.0802. The van der Waals surface area contributed by atoms with Crippen LogP contribution < -0.4 is 4.90 Å². The van der Waals surface area contributed by atoms with Crippen molar-refractivity contribution in [1.29, 1.82) is 0 Å². The number of hydrogen-bond acceptors (Lipinski definition) is 3. The van der Waals surface area contributed by atoms with Gasteiger partial charge in [0.15, 0.2) is 0 Å². The van der Waals surface area contributed by atoms with Crippen molar-refractivity contribution in [3.63, 3.8) is 0 Å². The first kappa shape index (κ1) is 70.4. The van der Waals surface area contributed by atoms with Gasteiger partial charge in [-0.3, -0.25) is 0 Å². The number of unbranched alkanes of at least 4 members (excludes halogenated alkanes) is 8. The van der Waals surface area contributed by atoms with Crippen LogP contribution in [-0.4, -0.2) is 0 Å². The van der Waals surface area contributed by atoms with Crippen molar-refractivity contribution >= 4 is 60.9 Å². The summed E-state index contributed by atoms with van der Waals surface area (Å²) in [6, 6.07) is 93.7. The molecular formula is C109H103NO2. The maximum atomic E-state index is 7.17. The van der Waals surface area contributed by atoms with Gasteiger partial charge in [-0.1, -0.05) is 330 Å². The minimum Gasteiger partial charge on any atom is -0.455 e. The zero-order chi connectivity index (χ0) is 76.7. The molecule has 2 aromatic heterocycles. The van der Waals surface area contributed by atoms with Gasteiger partial charge in [0.25, 0.3) is 0 Å². The summed E-state index contributed by atoms with van der Waals surface area (Å²) in [5, 5.41) is 4.71. The van der Waals surface area contributed by atoms with Crippen molar-refractivity contribution in [2.45, 2.75) is 200 Å². The number of furan rings is 2. The lowest BCUT2D eigenvalue weighted by atomic mass is 9.70. The molecule has 0 N–H and O–H groups in total. The Hall–Kier alpha value is -10.7. The van der Waals surface area contributed by atoms with E-state index >= 15 is 0 Å².